The van der Waals surface area contributed by atoms with Gasteiger partial charge in [0.15, 0.2) is 0 Å². The largest absolute Gasteiger partial charge is 0.355 e. The molecule has 1 saturated carbocycles. The first-order valence-electron chi connectivity index (χ1n) is 11.6. The minimum absolute atomic E-state index is 0.0171. The fourth-order valence-corrected chi connectivity index (χ4v) is 5.86. The zero-order valence-corrected chi connectivity index (χ0v) is 19.2. The summed E-state index contributed by atoms with van der Waals surface area (Å²) in [4.78, 5) is 43.6. The molecule has 0 unspecified atom stereocenters. The minimum atomic E-state index is -0.767. The third-order valence-corrected chi connectivity index (χ3v) is 7.38. The highest BCUT2D eigenvalue weighted by molar-refractivity contribution is 5.97. The highest BCUT2D eigenvalue weighted by Crippen LogP contribution is 2.48. The van der Waals surface area contributed by atoms with Crippen LogP contribution < -0.4 is 10.6 Å². The lowest BCUT2D eigenvalue weighted by Gasteiger charge is -2.25. The molecular weight excluding hydrogens is 406 g/mol. The van der Waals surface area contributed by atoms with E-state index >= 15 is 0 Å². The number of likely N-dealkylation sites (tertiary alicyclic amines) is 1. The molecule has 3 N–H and O–H groups in total. The number of carbonyl (C=O) groups is 3. The van der Waals surface area contributed by atoms with E-state index in [1.807, 2.05) is 26.8 Å². The van der Waals surface area contributed by atoms with Crippen molar-refractivity contribution in [3.8, 4) is 6.07 Å². The number of aromatic amines is 1. The van der Waals surface area contributed by atoms with E-state index < -0.39 is 12.1 Å². The quantitative estimate of drug-likeness (QED) is 0.653. The number of aryl methyl sites for hydroxylation is 1. The molecule has 3 aliphatic rings. The lowest BCUT2D eigenvalue weighted by atomic mass is 9.83. The summed E-state index contributed by atoms with van der Waals surface area (Å²) in [6.07, 6.45) is 5.80. The van der Waals surface area contributed by atoms with Gasteiger partial charge in [-0.3, -0.25) is 14.4 Å². The normalized spacial score (nSPS) is 26.7. The highest BCUT2D eigenvalue weighted by Gasteiger charge is 2.50. The van der Waals surface area contributed by atoms with Crippen molar-refractivity contribution in [3.63, 3.8) is 0 Å². The number of H-pyrrole nitrogens is 1. The minimum Gasteiger partial charge on any atom is -0.355 e. The van der Waals surface area contributed by atoms with Crippen LogP contribution >= 0.6 is 0 Å². The van der Waals surface area contributed by atoms with Gasteiger partial charge in [0, 0.05) is 23.7 Å². The maximum absolute atomic E-state index is 13.3. The summed E-state index contributed by atoms with van der Waals surface area (Å²) in [5.41, 5.74) is 1.06. The summed E-state index contributed by atoms with van der Waals surface area (Å²) >= 11 is 0. The molecule has 1 aromatic rings. The Morgan fingerprint density at radius 2 is 2.00 bits per heavy atom. The van der Waals surface area contributed by atoms with E-state index in [2.05, 4.69) is 21.7 Å². The van der Waals surface area contributed by atoms with Crippen LogP contribution in [-0.4, -0.2) is 51.8 Å². The fraction of sp³-hybridized carbons (Fsp3) is 0.667. The first kappa shape index (κ1) is 22.4. The van der Waals surface area contributed by atoms with Crippen LogP contribution in [-0.2, 0) is 9.59 Å². The second-order valence-corrected chi connectivity index (χ2v) is 10.6. The number of amides is 3. The van der Waals surface area contributed by atoms with Gasteiger partial charge in [-0.15, -0.1) is 0 Å². The Morgan fingerprint density at radius 3 is 2.56 bits per heavy atom. The van der Waals surface area contributed by atoms with Crippen molar-refractivity contribution >= 4 is 17.7 Å². The van der Waals surface area contributed by atoms with E-state index in [1.54, 1.807) is 11.0 Å². The molecule has 0 bridgehead atoms. The SMILES string of the molecule is Cc1ccc(C(=O)N2CC3(CCCC3)C[C@H]2C(=O)N[C@H](C#N)C[C@@H]2CC(C)(C)NC2=O)[nH]1. The number of nitriles is 1. The molecule has 3 atom stereocenters. The maximum atomic E-state index is 13.3. The van der Waals surface area contributed by atoms with Crippen molar-refractivity contribution in [1.82, 2.24) is 20.5 Å². The highest BCUT2D eigenvalue weighted by atomic mass is 16.2. The van der Waals surface area contributed by atoms with Crippen LogP contribution in [0.1, 0.15) is 75.0 Å². The van der Waals surface area contributed by atoms with E-state index in [4.69, 9.17) is 0 Å². The Morgan fingerprint density at radius 1 is 1.28 bits per heavy atom. The number of rotatable bonds is 5. The van der Waals surface area contributed by atoms with Crippen molar-refractivity contribution in [2.45, 2.75) is 83.3 Å². The topological polar surface area (TPSA) is 118 Å². The number of carbonyl (C=O) groups excluding carboxylic acids is 3. The van der Waals surface area contributed by atoms with Gasteiger partial charge in [-0.25, -0.2) is 0 Å². The van der Waals surface area contributed by atoms with Gasteiger partial charge >= 0.3 is 0 Å². The molecule has 0 radical (unpaired) electrons. The Bertz CT molecular complexity index is 953. The predicted octanol–water partition coefficient (Wildman–Crippen LogP) is 2.41. The van der Waals surface area contributed by atoms with Crippen LogP contribution in [0.15, 0.2) is 12.1 Å². The summed E-state index contributed by atoms with van der Waals surface area (Å²) in [6.45, 7) is 6.37. The van der Waals surface area contributed by atoms with Gasteiger partial charge in [-0.05, 0) is 70.4 Å². The van der Waals surface area contributed by atoms with Gasteiger partial charge in [0.25, 0.3) is 5.91 Å². The Labute approximate surface area is 189 Å². The predicted molar refractivity (Wildman–Crippen MR) is 118 cm³/mol. The van der Waals surface area contributed by atoms with Crippen LogP contribution in [0.5, 0.6) is 0 Å². The number of nitrogens with one attached hydrogen (secondary N) is 3. The summed E-state index contributed by atoms with van der Waals surface area (Å²) in [7, 11) is 0. The molecular formula is C24H33N5O3. The number of aromatic nitrogens is 1. The van der Waals surface area contributed by atoms with Crippen LogP contribution in [0.25, 0.3) is 0 Å². The molecule has 0 aromatic carbocycles. The van der Waals surface area contributed by atoms with Gasteiger partial charge < -0.3 is 20.5 Å². The molecule has 3 heterocycles. The summed E-state index contributed by atoms with van der Waals surface area (Å²) in [5.74, 6) is -0.851. The van der Waals surface area contributed by atoms with Gasteiger partial charge in [-0.2, -0.15) is 5.26 Å². The first-order valence-corrected chi connectivity index (χ1v) is 11.6. The zero-order chi connectivity index (χ0) is 23.1. The molecule has 172 valence electrons. The molecule has 1 spiro atoms. The Balaban J connectivity index is 1.48. The number of nitrogens with zero attached hydrogens (tertiary/aromatic N) is 2. The first-order chi connectivity index (χ1) is 15.1. The molecule has 8 nitrogen and oxygen atoms in total. The fourth-order valence-electron chi connectivity index (χ4n) is 5.86. The summed E-state index contributed by atoms with van der Waals surface area (Å²) < 4.78 is 0. The summed E-state index contributed by atoms with van der Waals surface area (Å²) in [6, 6.07) is 4.39. The number of hydrogen-bond donors (Lipinski definition) is 3. The van der Waals surface area contributed by atoms with E-state index in [1.165, 1.54) is 0 Å². The van der Waals surface area contributed by atoms with Crippen LogP contribution in [0.2, 0.25) is 0 Å². The molecule has 32 heavy (non-hydrogen) atoms. The standard InChI is InChI=1S/C24H33N5O3/c1-15-6-7-18(26-15)22(32)29-14-24(8-4-5-9-24)12-19(29)21(31)27-17(13-25)10-16-11-23(2,3)28-20(16)30/h6-7,16-17,19,26H,4-5,8-12,14H2,1-3H3,(H,27,31)(H,28,30)/t16-,17+,19+/m1/s1. The average Bonchev–Trinajstić information content (AvgIpc) is 3.50. The maximum Gasteiger partial charge on any atom is 0.270 e. The third kappa shape index (κ3) is 4.38. The van der Waals surface area contributed by atoms with Gasteiger partial charge in [0.05, 0.1) is 6.07 Å². The van der Waals surface area contributed by atoms with E-state index in [0.29, 0.717) is 25.1 Å². The smallest absolute Gasteiger partial charge is 0.270 e. The van der Waals surface area contributed by atoms with E-state index in [9.17, 15) is 19.6 Å². The summed E-state index contributed by atoms with van der Waals surface area (Å²) in [5, 5.41) is 15.5. The third-order valence-electron chi connectivity index (χ3n) is 7.38. The molecule has 1 aromatic heterocycles. The Hall–Kier alpha value is -2.82. The van der Waals surface area contributed by atoms with Crippen LogP contribution in [0.3, 0.4) is 0 Å². The average molecular weight is 440 g/mol. The molecule has 1 aliphatic carbocycles. The van der Waals surface area contributed by atoms with Gasteiger partial charge in [-0.1, -0.05) is 12.8 Å². The van der Waals surface area contributed by atoms with Gasteiger partial charge in [0.2, 0.25) is 11.8 Å². The van der Waals surface area contributed by atoms with E-state index in [0.717, 1.165) is 31.4 Å². The van der Waals surface area contributed by atoms with E-state index in [-0.39, 0.29) is 41.0 Å². The van der Waals surface area contributed by atoms with Crippen molar-refractivity contribution in [3.05, 3.63) is 23.5 Å². The van der Waals surface area contributed by atoms with Crippen molar-refractivity contribution in [2.75, 3.05) is 6.54 Å². The van der Waals surface area contributed by atoms with Crippen molar-refractivity contribution < 1.29 is 14.4 Å². The lowest BCUT2D eigenvalue weighted by molar-refractivity contribution is -0.126. The Kier molecular flexibility index (Phi) is 5.78. The molecule has 2 saturated heterocycles. The number of hydrogen-bond acceptors (Lipinski definition) is 4. The zero-order valence-electron chi connectivity index (χ0n) is 19.2. The van der Waals surface area contributed by atoms with Crippen molar-refractivity contribution in [2.24, 2.45) is 11.3 Å². The molecule has 3 amide bonds. The lowest BCUT2D eigenvalue weighted by Crippen LogP contribution is -2.49. The second kappa shape index (κ2) is 8.27. The molecule has 4 rings (SSSR count). The van der Waals surface area contributed by atoms with Crippen LogP contribution in [0, 0.1) is 29.6 Å². The van der Waals surface area contributed by atoms with Crippen LogP contribution in [0.4, 0.5) is 0 Å². The molecule has 3 fully saturated rings. The second-order valence-electron chi connectivity index (χ2n) is 10.6. The molecule has 2 aliphatic heterocycles. The van der Waals surface area contributed by atoms with Gasteiger partial charge in [0.1, 0.15) is 17.8 Å². The monoisotopic (exact) mass is 439 g/mol. The molecule has 8 heteroatoms. The van der Waals surface area contributed by atoms with Crippen molar-refractivity contribution in [1.29, 1.82) is 5.26 Å².